The molecule has 0 spiro atoms. The first-order chi connectivity index (χ1) is 6.88. The number of para-hydroxylation sites is 1. The molecule has 0 saturated heterocycles. The van der Waals surface area contributed by atoms with E-state index in [1.807, 2.05) is 25.1 Å². The van der Waals surface area contributed by atoms with Crippen molar-refractivity contribution in [1.82, 2.24) is 5.32 Å². The summed E-state index contributed by atoms with van der Waals surface area (Å²) in [5.41, 5.74) is 1.24. The Balaban J connectivity index is 0.00000196. The van der Waals surface area contributed by atoms with Crippen LogP contribution in [0.25, 0.3) is 0 Å². The lowest BCUT2D eigenvalue weighted by molar-refractivity contribution is -0.00000355. The van der Waals surface area contributed by atoms with E-state index < -0.39 is 0 Å². The number of nitrogens with one attached hydrogen (secondary N) is 1. The van der Waals surface area contributed by atoms with E-state index >= 15 is 0 Å². The summed E-state index contributed by atoms with van der Waals surface area (Å²) in [5, 5.41) is 3.37. The molecule has 1 aromatic carbocycles. The minimum Gasteiger partial charge on any atom is -1.00 e. The Labute approximate surface area is 98.4 Å². The lowest BCUT2D eigenvalue weighted by Gasteiger charge is -2.10. The van der Waals surface area contributed by atoms with E-state index in [0.717, 1.165) is 31.9 Å². The van der Waals surface area contributed by atoms with Crippen LogP contribution >= 0.6 is 0 Å². The van der Waals surface area contributed by atoms with Crippen molar-refractivity contribution >= 4 is 0 Å². The van der Waals surface area contributed by atoms with Crippen LogP contribution in [0.1, 0.15) is 25.8 Å². The number of hydrogen-bond acceptors (Lipinski definition) is 2. The number of rotatable bonds is 6. The summed E-state index contributed by atoms with van der Waals surface area (Å²) in [6, 6.07) is 8.18. The number of halogens is 1. The average Bonchev–Trinajstić information content (AvgIpc) is 2.21. The highest BCUT2D eigenvalue weighted by Gasteiger charge is 2.00. The van der Waals surface area contributed by atoms with Crippen molar-refractivity contribution in [3.05, 3.63) is 29.8 Å². The van der Waals surface area contributed by atoms with Gasteiger partial charge >= 0.3 is 0 Å². The minimum atomic E-state index is 0. The van der Waals surface area contributed by atoms with Gasteiger partial charge in [0.1, 0.15) is 5.75 Å². The Morgan fingerprint density at radius 1 is 1.20 bits per heavy atom. The Kier molecular flexibility index (Phi) is 8.15. The smallest absolute Gasteiger partial charge is 0.123 e. The summed E-state index contributed by atoms with van der Waals surface area (Å²) in [5.74, 6) is 0.999. The minimum absolute atomic E-state index is 0. The van der Waals surface area contributed by atoms with Crippen LogP contribution in [0.5, 0.6) is 5.75 Å². The van der Waals surface area contributed by atoms with E-state index in [-0.39, 0.29) is 12.4 Å². The monoisotopic (exact) mass is 228 g/mol. The van der Waals surface area contributed by atoms with E-state index in [1.54, 1.807) is 0 Å². The highest BCUT2D eigenvalue weighted by molar-refractivity contribution is 5.33. The van der Waals surface area contributed by atoms with Crippen LogP contribution in [0.4, 0.5) is 0 Å². The van der Waals surface area contributed by atoms with Crippen LogP contribution in [0.3, 0.4) is 0 Å². The zero-order valence-electron chi connectivity index (χ0n) is 9.42. The van der Waals surface area contributed by atoms with Crippen molar-refractivity contribution in [1.29, 1.82) is 0 Å². The SMILES string of the molecule is CCCNCc1ccccc1OCC.[Cl-]. The van der Waals surface area contributed by atoms with Gasteiger partial charge in [-0.1, -0.05) is 25.1 Å². The maximum atomic E-state index is 5.53. The number of hydrogen-bond donors (Lipinski definition) is 1. The standard InChI is InChI=1S/C12H19NO.ClH/c1-3-9-13-10-11-7-5-6-8-12(11)14-4-2;/h5-8,13H,3-4,9-10H2,1-2H3;1H/p-1. The van der Waals surface area contributed by atoms with Gasteiger partial charge in [-0.15, -0.1) is 0 Å². The van der Waals surface area contributed by atoms with Crippen molar-refractivity contribution in [2.24, 2.45) is 0 Å². The molecule has 0 saturated carbocycles. The molecular formula is C12H19ClNO-. The van der Waals surface area contributed by atoms with Gasteiger partial charge in [0, 0.05) is 12.1 Å². The summed E-state index contributed by atoms with van der Waals surface area (Å²) in [4.78, 5) is 0. The fraction of sp³-hybridized carbons (Fsp3) is 0.500. The molecule has 0 fully saturated rings. The molecule has 0 unspecified atom stereocenters. The quantitative estimate of drug-likeness (QED) is 0.669. The molecule has 0 aromatic heterocycles. The van der Waals surface area contributed by atoms with Crippen molar-refractivity contribution in [3.63, 3.8) is 0 Å². The highest BCUT2D eigenvalue weighted by Crippen LogP contribution is 2.17. The molecule has 86 valence electrons. The van der Waals surface area contributed by atoms with Gasteiger partial charge in [0.25, 0.3) is 0 Å². The number of benzene rings is 1. The first-order valence-electron chi connectivity index (χ1n) is 5.30. The van der Waals surface area contributed by atoms with Crippen LogP contribution in [0.15, 0.2) is 24.3 Å². The van der Waals surface area contributed by atoms with Gasteiger partial charge < -0.3 is 22.5 Å². The lowest BCUT2D eigenvalue weighted by atomic mass is 10.2. The second-order valence-corrected chi connectivity index (χ2v) is 3.22. The zero-order valence-corrected chi connectivity index (χ0v) is 10.2. The molecule has 0 aliphatic heterocycles. The third kappa shape index (κ3) is 5.05. The second-order valence-electron chi connectivity index (χ2n) is 3.22. The van der Waals surface area contributed by atoms with Gasteiger partial charge in [-0.3, -0.25) is 0 Å². The fourth-order valence-corrected chi connectivity index (χ4v) is 1.35. The van der Waals surface area contributed by atoms with Gasteiger partial charge in [-0.05, 0) is 26.0 Å². The van der Waals surface area contributed by atoms with Gasteiger partial charge in [-0.2, -0.15) is 0 Å². The molecule has 2 nitrogen and oxygen atoms in total. The third-order valence-electron chi connectivity index (χ3n) is 2.01. The molecule has 1 N–H and O–H groups in total. The molecule has 0 atom stereocenters. The molecule has 0 aliphatic carbocycles. The van der Waals surface area contributed by atoms with Crippen LogP contribution in [0.2, 0.25) is 0 Å². The second kappa shape index (κ2) is 8.57. The Bertz CT molecular complexity index is 266. The summed E-state index contributed by atoms with van der Waals surface area (Å²) in [6.07, 6.45) is 1.16. The van der Waals surface area contributed by atoms with Crippen LogP contribution in [-0.4, -0.2) is 13.2 Å². The lowest BCUT2D eigenvalue weighted by Crippen LogP contribution is -3.00. The fourth-order valence-electron chi connectivity index (χ4n) is 1.35. The largest absolute Gasteiger partial charge is 1.00 e. The van der Waals surface area contributed by atoms with E-state index in [9.17, 15) is 0 Å². The van der Waals surface area contributed by atoms with Crippen molar-refractivity contribution < 1.29 is 17.1 Å². The summed E-state index contributed by atoms with van der Waals surface area (Å²) in [6.45, 7) is 6.85. The summed E-state index contributed by atoms with van der Waals surface area (Å²) in [7, 11) is 0. The van der Waals surface area contributed by atoms with Gasteiger partial charge in [0.15, 0.2) is 0 Å². The molecule has 0 bridgehead atoms. The molecule has 0 amide bonds. The molecule has 0 heterocycles. The third-order valence-corrected chi connectivity index (χ3v) is 2.01. The van der Waals surface area contributed by atoms with Crippen molar-refractivity contribution in [2.45, 2.75) is 26.8 Å². The zero-order chi connectivity index (χ0) is 10.2. The molecule has 0 radical (unpaired) electrons. The Morgan fingerprint density at radius 3 is 2.60 bits per heavy atom. The molecule has 3 heteroatoms. The Hall–Kier alpha value is -0.730. The maximum Gasteiger partial charge on any atom is 0.123 e. The summed E-state index contributed by atoms with van der Waals surface area (Å²) >= 11 is 0. The normalized spacial score (nSPS) is 9.47. The topological polar surface area (TPSA) is 21.3 Å². The van der Waals surface area contributed by atoms with E-state index in [4.69, 9.17) is 4.74 Å². The van der Waals surface area contributed by atoms with Gasteiger partial charge in [0.05, 0.1) is 6.61 Å². The Morgan fingerprint density at radius 2 is 1.93 bits per heavy atom. The predicted molar refractivity (Wildman–Crippen MR) is 59.6 cm³/mol. The number of ether oxygens (including phenoxy) is 1. The first-order valence-corrected chi connectivity index (χ1v) is 5.30. The van der Waals surface area contributed by atoms with Crippen LogP contribution < -0.4 is 22.5 Å². The van der Waals surface area contributed by atoms with Gasteiger partial charge in [0.2, 0.25) is 0 Å². The molecule has 15 heavy (non-hydrogen) atoms. The van der Waals surface area contributed by atoms with E-state index in [2.05, 4.69) is 18.3 Å². The van der Waals surface area contributed by atoms with E-state index in [1.165, 1.54) is 5.56 Å². The van der Waals surface area contributed by atoms with E-state index in [0.29, 0.717) is 0 Å². The highest BCUT2D eigenvalue weighted by atomic mass is 35.5. The van der Waals surface area contributed by atoms with Crippen molar-refractivity contribution in [3.8, 4) is 5.75 Å². The maximum absolute atomic E-state index is 5.53. The molecule has 1 aromatic rings. The molecule has 1 rings (SSSR count). The van der Waals surface area contributed by atoms with Crippen LogP contribution in [0, 0.1) is 0 Å². The summed E-state index contributed by atoms with van der Waals surface area (Å²) < 4.78 is 5.53. The average molecular weight is 229 g/mol. The predicted octanol–water partition coefficient (Wildman–Crippen LogP) is -0.411. The first kappa shape index (κ1) is 14.3. The van der Waals surface area contributed by atoms with Crippen molar-refractivity contribution in [2.75, 3.05) is 13.2 Å². The van der Waals surface area contributed by atoms with Gasteiger partial charge in [-0.25, -0.2) is 0 Å². The van der Waals surface area contributed by atoms with Crippen LogP contribution in [-0.2, 0) is 6.54 Å². The molecular weight excluding hydrogens is 210 g/mol. The molecule has 0 aliphatic rings.